The molecule has 6 nitrogen and oxygen atoms in total. The van der Waals surface area contributed by atoms with Crippen LogP contribution in [0.1, 0.15) is 40.3 Å². The van der Waals surface area contributed by atoms with Crippen molar-refractivity contribution in [1.82, 2.24) is 15.0 Å². The molecule has 0 saturated carbocycles. The SMILES string of the molecule is C#CC.CC.CC.CN=[N+]=[N-].Cc1cn(C)nn1.[Cu]. The third-order valence-corrected chi connectivity index (χ3v) is 0.807. The first-order valence-electron chi connectivity index (χ1n) is 5.75. The first kappa shape index (κ1) is 30.5. The van der Waals surface area contributed by atoms with Crippen molar-refractivity contribution in [3.05, 3.63) is 22.3 Å². The summed E-state index contributed by atoms with van der Waals surface area (Å²) < 4.78 is 1.68. The molecule has 19 heavy (non-hydrogen) atoms. The van der Waals surface area contributed by atoms with Gasteiger partial charge in [0.2, 0.25) is 0 Å². The zero-order valence-electron chi connectivity index (χ0n) is 13.1. The van der Waals surface area contributed by atoms with E-state index in [1.807, 2.05) is 47.9 Å². The summed E-state index contributed by atoms with van der Waals surface area (Å²) >= 11 is 0. The number of aromatic nitrogens is 3. The monoisotopic (exact) mass is 317 g/mol. The van der Waals surface area contributed by atoms with Crippen LogP contribution in [-0.2, 0) is 24.1 Å². The van der Waals surface area contributed by atoms with Crippen LogP contribution in [0.25, 0.3) is 10.4 Å². The molecule has 0 aliphatic heterocycles. The van der Waals surface area contributed by atoms with Crippen molar-refractivity contribution < 1.29 is 17.1 Å². The van der Waals surface area contributed by atoms with Crippen LogP contribution in [0.3, 0.4) is 0 Å². The molecule has 0 bridgehead atoms. The normalized spacial score (nSPS) is 5.42. The van der Waals surface area contributed by atoms with Crippen molar-refractivity contribution in [3.8, 4) is 12.3 Å². The van der Waals surface area contributed by atoms with Gasteiger partial charge in [-0.05, 0) is 19.4 Å². The molecule has 0 saturated heterocycles. The van der Waals surface area contributed by atoms with Crippen molar-refractivity contribution >= 4 is 0 Å². The number of azide groups is 1. The summed E-state index contributed by atoms with van der Waals surface area (Å²) in [7, 11) is 3.24. The van der Waals surface area contributed by atoms with Gasteiger partial charge in [-0.1, -0.05) is 38.0 Å². The Morgan fingerprint density at radius 2 is 1.68 bits per heavy atom. The van der Waals surface area contributed by atoms with Crippen LogP contribution in [0.2, 0.25) is 0 Å². The van der Waals surface area contributed by atoms with Crippen LogP contribution in [-0.4, -0.2) is 22.0 Å². The Hall–Kier alpha value is -1.47. The molecule has 0 spiro atoms. The van der Waals surface area contributed by atoms with E-state index in [4.69, 9.17) is 5.53 Å². The smallest absolute Gasteiger partial charge is 0.0796 e. The van der Waals surface area contributed by atoms with E-state index in [-0.39, 0.29) is 17.1 Å². The van der Waals surface area contributed by atoms with Gasteiger partial charge in [-0.25, -0.2) is 0 Å². The number of rotatable bonds is 0. The first-order valence-corrected chi connectivity index (χ1v) is 5.75. The van der Waals surface area contributed by atoms with Crippen molar-refractivity contribution in [1.29, 1.82) is 0 Å². The van der Waals surface area contributed by atoms with E-state index in [2.05, 4.69) is 32.7 Å². The molecule has 0 aliphatic carbocycles. The molecular formula is C12H26CuN6. The van der Waals surface area contributed by atoms with E-state index in [1.165, 1.54) is 7.05 Å². The summed E-state index contributed by atoms with van der Waals surface area (Å²) in [6.45, 7) is 11.6. The first-order chi connectivity index (χ1) is 8.62. The Bertz CT molecular complexity index is 307. The van der Waals surface area contributed by atoms with E-state index in [9.17, 15) is 0 Å². The topological polar surface area (TPSA) is 79.5 Å². The summed E-state index contributed by atoms with van der Waals surface area (Å²) in [5.74, 6) is 2.25. The largest absolute Gasteiger partial charge is 0.255 e. The minimum Gasteiger partial charge on any atom is -0.255 e. The molecule has 1 rings (SSSR count). The van der Waals surface area contributed by atoms with E-state index < -0.39 is 0 Å². The number of aryl methyl sites for hydroxylation is 2. The minimum atomic E-state index is 0. The number of hydrogen-bond donors (Lipinski definition) is 0. The Morgan fingerprint density at radius 3 is 1.74 bits per heavy atom. The number of terminal acetylenes is 1. The van der Waals surface area contributed by atoms with E-state index in [0.717, 1.165) is 5.69 Å². The van der Waals surface area contributed by atoms with Crippen LogP contribution in [0.15, 0.2) is 11.3 Å². The van der Waals surface area contributed by atoms with Crippen LogP contribution in [0, 0.1) is 19.3 Å². The number of nitrogens with zero attached hydrogens (tertiary/aromatic N) is 6. The van der Waals surface area contributed by atoms with Gasteiger partial charge in [0.1, 0.15) is 0 Å². The molecular weight excluding hydrogens is 292 g/mol. The summed E-state index contributed by atoms with van der Waals surface area (Å²) in [6, 6.07) is 0. The quantitative estimate of drug-likeness (QED) is 0.240. The van der Waals surface area contributed by atoms with Gasteiger partial charge < -0.3 is 0 Å². The molecule has 0 aromatic carbocycles. The van der Waals surface area contributed by atoms with Crippen molar-refractivity contribution in [2.75, 3.05) is 7.05 Å². The number of hydrogen-bond acceptors (Lipinski definition) is 3. The molecule has 0 N–H and O–H groups in total. The Labute approximate surface area is 128 Å². The molecule has 1 aromatic heterocycles. The van der Waals surface area contributed by atoms with Gasteiger partial charge in [-0.15, -0.1) is 17.4 Å². The summed E-state index contributed by atoms with van der Waals surface area (Å²) in [5.41, 5.74) is 8.29. The van der Waals surface area contributed by atoms with E-state index >= 15 is 0 Å². The van der Waals surface area contributed by atoms with Gasteiger partial charge in [-0.3, -0.25) is 4.68 Å². The summed E-state index contributed by atoms with van der Waals surface area (Å²) in [4.78, 5) is 2.36. The average molecular weight is 318 g/mol. The third kappa shape index (κ3) is 48.0. The average Bonchev–Trinajstić information content (AvgIpc) is 2.79. The van der Waals surface area contributed by atoms with Gasteiger partial charge in [0, 0.05) is 42.3 Å². The molecule has 0 fully saturated rings. The maximum Gasteiger partial charge on any atom is 0.0796 e. The van der Waals surface area contributed by atoms with Crippen molar-refractivity contribution in [2.24, 2.45) is 12.2 Å². The van der Waals surface area contributed by atoms with Gasteiger partial charge in [0.25, 0.3) is 0 Å². The van der Waals surface area contributed by atoms with Crippen LogP contribution >= 0.6 is 0 Å². The Kier molecular flexibility index (Phi) is 57.7. The second-order valence-corrected chi connectivity index (χ2v) is 2.11. The summed E-state index contributed by atoms with van der Waals surface area (Å²) in [5, 5.41) is 10.3. The minimum absolute atomic E-state index is 0. The molecule has 1 radical (unpaired) electrons. The van der Waals surface area contributed by atoms with Crippen LogP contribution in [0.4, 0.5) is 0 Å². The van der Waals surface area contributed by atoms with Crippen molar-refractivity contribution in [2.45, 2.75) is 41.5 Å². The maximum absolute atomic E-state index is 7.33. The second-order valence-electron chi connectivity index (χ2n) is 2.11. The van der Waals surface area contributed by atoms with Gasteiger partial charge in [-0.2, -0.15) is 0 Å². The van der Waals surface area contributed by atoms with E-state index in [1.54, 1.807) is 11.6 Å². The predicted octanol–water partition coefficient (Wildman–Crippen LogP) is 3.74. The van der Waals surface area contributed by atoms with Gasteiger partial charge >= 0.3 is 0 Å². The fraction of sp³-hybridized carbons (Fsp3) is 0.667. The molecule has 7 heteroatoms. The van der Waals surface area contributed by atoms with Gasteiger partial charge in [0.05, 0.1) is 5.69 Å². The molecule has 1 heterocycles. The Balaban J connectivity index is -0.0000000479. The Morgan fingerprint density at radius 1 is 1.37 bits per heavy atom. The van der Waals surface area contributed by atoms with E-state index in [0.29, 0.717) is 0 Å². The summed E-state index contributed by atoms with van der Waals surface area (Å²) in [6.07, 6.45) is 6.46. The standard InChI is InChI=1S/C4H7N3.C3H4.2C2H6.CH3N3.Cu/c1-4-3-7(2)6-5-4;1-3-2;2*1-2;1-3-4-2;/h3H,1-2H3;1H,2H3;2*1-2H3;1H3;. The second kappa shape index (κ2) is 36.0. The third-order valence-electron chi connectivity index (χ3n) is 0.807. The zero-order chi connectivity index (χ0) is 15.4. The molecule has 115 valence electrons. The van der Waals surface area contributed by atoms with Crippen molar-refractivity contribution in [3.63, 3.8) is 0 Å². The fourth-order valence-corrected chi connectivity index (χ4v) is 0.463. The zero-order valence-corrected chi connectivity index (χ0v) is 14.1. The molecule has 0 amide bonds. The van der Waals surface area contributed by atoms with Gasteiger partial charge in [0.15, 0.2) is 0 Å². The molecule has 0 aliphatic rings. The predicted molar refractivity (Wildman–Crippen MR) is 78.0 cm³/mol. The van der Waals surface area contributed by atoms with Crippen LogP contribution < -0.4 is 0 Å². The maximum atomic E-state index is 7.33. The van der Waals surface area contributed by atoms with Crippen LogP contribution in [0.5, 0.6) is 0 Å². The molecule has 1 aromatic rings. The fourth-order valence-electron chi connectivity index (χ4n) is 0.463. The molecule has 0 unspecified atom stereocenters. The molecule has 0 atom stereocenters.